The summed E-state index contributed by atoms with van der Waals surface area (Å²) < 4.78 is 13.5. The van der Waals surface area contributed by atoms with Gasteiger partial charge in [-0.15, -0.1) is 5.10 Å². The van der Waals surface area contributed by atoms with Crippen molar-refractivity contribution in [2.75, 3.05) is 19.8 Å². The van der Waals surface area contributed by atoms with Gasteiger partial charge < -0.3 is 14.5 Å². The third-order valence-electron chi connectivity index (χ3n) is 7.79. The minimum absolute atomic E-state index is 0.135. The molecule has 3 aliphatic rings. The number of benzene rings is 2. The van der Waals surface area contributed by atoms with E-state index in [1.165, 1.54) is 24.0 Å². The molecule has 1 atom stereocenters. The van der Waals surface area contributed by atoms with Crippen molar-refractivity contribution in [3.8, 4) is 11.5 Å². The molecule has 4 heterocycles. The van der Waals surface area contributed by atoms with E-state index in [9.17, 15) is 4.79 Å². The maximum absolute atomic E-state index is 13.6. The normalized spacial score (nSPS) is 18.9. The lowest BCUT2D eigenvalue weighted by atomic mass is 9.95. The van der Waals surface area contributed by atoms with E-state index >= 15 is 0 Å². The van der Waals surface area contributed by atoms with Crippen molar-refractivity contribution in [1.82, 2.24) is 30.1 Å². The Balaban J connectivity index is 1.37. The van der Waals surface area contributed by atoms with Gasteiger partial charge in [-0.25, -0.2) is 4.68 Å². The molecule has 4 aromatic rings. The number of pyridine rings is 1. The van der Waals surface area contributed by atoms with E-state index in [4.69, 9.17) is 9.47 Å². The number of aromatic amines is 1. The van der Waals surface area contributed by atoms with E-state index in [1.54, 1.807) is 0 Å². The molecule has 1 N–H and O–H groups in total. The molecular formula is C27H28N6O3. The summed E-state index contributed by atoms with van der Waals surface area (Å²) in [4.78, 5) is 19.1. The minimum atomic E-state index is -0.365. The molecule has 0 spiro atoms. The van der Waals surface area contributed by atoms with Crippen molar-refractivity contribution in [3.05, 3.63) is 75.3 Å². The van der Waals surface area contributed by atoms with Gasteiger partial charge in [-0.2, -0.15) is 0 Å². The molecule has 36 heavy (non-hydrogen) atoms. The third kappa shape index (κ3) is 3.65. The number of nitrogens with one attached hydrogen (secondary N) is 1. The van der Waals surface area contributed by atoms with E-state index in [-0.39, 0.29) is 17.6 Å². The second-order valence-electron chi connectivity index (χ2n) is 9.95. The summed E-state index contributed by atoms with van der Waals surface area (Å²) >= 11 is 0. The van der Waals surface area contributed by atoms with Crippen LogP contribution in [0.4, 0.5) is 0 Å². The standard InChI is InChI=1S/C27H28N6O3/c34-27-21(13-19-14-23-24(15-22(19)28-27)36-12-11-35-23)25(26-29-30-31-33(26)20-7-3-4-8-20)32-10-9-17-5-1-2-6-18(17)16-32/h1-2,5-6,13-15,20,25H,3-4,7-12,16H2,(H,28,34)/t25-/m0/s1. The number of hydrogen-bond acceptors (Lipinski definition) is 7. The second kappa shape index (κ2) is 8.74. The molecule has 0 bridgehead atoms. The van der Waals surface area contributed by atoms with Gasteiger partial charge in [0, 0.05) is 30.1 Å². The molecule has 1 saturated carbocycles. The molecule has 9 heteroatoms. The Hall–Kier alpha value is -3.72. The monoisotopic (exact) mass is 484 g/mol. The van der Waals surface area contributed by atoms with Crippen molar-refractivity contribution in [3.63, 3.8) is 0 Å². The first-order valence-electron chi connectivity index (χ1n) is 12.8. The lowest BCUT2D eigenvalue weighted by Crippen LogP contribution is -2.39. The number of fused-ring (bicyclic) bond motifs is 3. The molecule has 1 fully saturated rings. The van der Waals surface area contributed by atoms with Gasteiger partial charge in [0.25, 0.3) is 5.56 Å². The highest BCUT2D eigenvalue weighted by atomic mass is 16.6. The van der Waals surface area contributed by atoms with E-state index in [0.29, 0.717) is 30.3 Å². The minimum Gasteiger partial charge on any atom is -0.486 e. The maximum Gasteiger partial charge on any atom is 0.253 e. The van der Waals surface area contributed by atoms with Crippen LogP contribution in [0.25, 0.3) is 10.9 Å². The van der Waals surface area contributed by atoms with Gasteiger partial charge in [-0.1, -0.05) is 37.1 Å². The maximum atomic E-state index is 13.6. The van der Waals surface area contributed by atoms with Crippen LogP contribution in [-0.2, 0) is 13.0 Å². The fraction of sp³-hybridized carbons (Fsp3) is 0.407. The van der Waals surface area contributed by atoms with Crippen LogP contribution in [0.1, 0.15) is 60.3 Å². The number of hydrogen-bond donors (Lipinski definition) is 1. The second-order valence-corrected chi connectivity index (χ2v) is 9.95. The van der Waals surface area contributed by atoms with Gasteiger partial charge in [0.1, 0.15) is 19.3 Å². The lowest BCUT2D eigenvalue weighted by Gasteiger charge is -2.35. The summed E-state index contributed by atoms with van der Waals surface area (Å²) in [6.07, 6.45) is 5.39. The smallest absolute Gasteiger partial charge is 0.253 e. The molecule has 9 nitrogen and oxygen atoms in total. The quantitative estimate of drug-likeness (QED) is 0.473. The van der Waals surface area contributed by atoms with Crippen molar-refractivity contribution in [1.29, 1.82) is 0 Å². The fourth-order valence-electron chi connectivity index (χ4n) is 5.99. The molecule has 0 saturated heterocycles. The number of nitrogens with zero attached hydrogens (tertiary/aromatic N) is 5. The number of aromatic nitrogens is 5. The number of ether oxygens (including phenoxy) is 2. The summed E-state index contributed by atoms with van der Waals surface area (Å²) in [7, 11) is 0. The Kier molecular flexibility index (Phi) is 5.23. The zero-order chi connectivity index (χ0) is 24.1. The number of tetrazole rings is 1. The molecule has 0 radical (unpaired) electrons. The van der Waals surface area contributed by atoms with Crippen molar-refractivity contribution < 1.29 is 9.47 Å². The summed E-state index contributed by atoms with van der Waals surface area (Å²) in [5.74, 6) is 2.10. The molecule has 2 aromatic heterocycles. The Morgan fingerprint density at radius 3 is 2.61 bits per heavy atom. The van der Waals surface area contributed by atoms with Crippen LogP contribution in [0.3, 0.4) is 0 Å². The topological polar surface area (TPSA) is 98.2 Å². The molecule has 184 valence electrons. The Morgan fingerprint density at radius 2 is 1.78 bits per heavy atom. The van der Waals surface area contributed by atoms with Gasteiger partial charge in [0.15, 0.2) is 17.3 Å². The predicted octanol–water partition coefficient (Wildman–Crippen LogP) is 3.55. The highest BCUT2D eigenvalue weighted by Crippen LogP contribution is 2.38. The zero-order valence-electron chi connectivity index (χ0n) is 20.0. The fourth-order valence-corrected chi connectivity index (χ4v) is 5.99. The van der Waals surface area contributed by atoms with Crippen LogP contribution in [0, 0.1) is 0 Å². The van der Waals surface area contributed by atoms with Crippen molar-refractivity contribution in [2.45, 2.75) is 50.7 Å². The van der Waals surface area contributed by atoms with Crippen LogP contribution >= 0.6 is 0 Å². The molecular weight excluding hydrogens is 456 g/mol. The number of H-pyrrole nitrogens is 1. The lowest BCUT2D eigenvalue weighted by molar-refractivity contribution is 0.172. The van der Waals surface area contributed by atoms with Crippen LogP contribution in [-0.4, -0.2) is 49.8 Å². The molecule has 2 aliphatic heterocycles. The largest absolute Gasteiger partial charge is 0.486 e. The van der Waals surface area contributed by atoms with E-state index < -0.39 is 0 Å². The van der Waals surface area contributed by atoms with Gasteiger partial charge in [-0.05, 0) is 52.9 Å². The highest BCUT2D eigenvalue weighted by Gasteiger charge is 2.34. The Labute approximate surface area is 208 Å². The summed E-state index contributed by atoms with van der Waals surface area (Å²) in [5.41, 5.74) is 3.88. The van der Waals surface area contributed by atoms with Crippen LogP contribution in [0.2, 0.25) is 0 Å². The highest BCUT2D eigenvalue weighted by molar-refractivity contribution is 5.83. The summed E-state index contributed by atoms with van der Waals surface area (Å²) in [6.45, 7) is 2.57. The third-order valence-corrected chi connectivity index (χ3v) is 7.79. The van der Waals surface area contributed by atoms with E-state index in [1.807, 2.05) is 22.9 Å². The van der Waals surface area contributed by atoms with Crippen LogP contribution in [0.5, 0.6) is 11.5 Å². The first-order chi connectivity index (χ1) is 17.7. The molecule has 7 rings (SSSR count). The van der Waals surface area contributed by atoms with Gasteiger partial charge in [-0.3, -0.25) is 9.69 Å². The molecule has 2 aromatic carbocycles. The first kappa shape index (κ1) is 21.6. The molecule has 1 aliphatic carbocycles. The summed E-state index contributed by atoms with van der Waals surface area (Å²) in [6, 6.07) is 14.2. The van der Waals surface area contributed by atoms with Crippen molar-refractivity contribution in [2.24, 2.45) is 0 Å². The average Bonchev–Trinajstić information content (AvgIpc) is 3.60. The zero-order valence-corrected chi connectivity index (χ0v) is 20.0. The van der Waals surface area contributed by atoms with Crippen LogP contribution < -0.4 is 15.0 Å². The van der Waals surface area contributed by atoms with Gasteiger partial charge in [0.2, 0.25) is 0 Å². The Morgan fingerprint density at radius 1 is 1.00 bits per heavy atom. The van der Waals surface area contributed by atoms with Crippen LogP contribution in [0.15, 0.2) is 47.3 Å². The molecule has 0 unspecified atom stereocenters. The van der Waals surface area contributed by atoms with Gasteiger partial charge in [0.05, 0.1) is 11.6 Å². The van der Waals surface area contributed by atoms with E-state index in [2.05, 4.69) is 49.7 Å². The van der Waals surface area contributed by atoms with Crippen molar-refractivity contribution >= 4 is 10.9 Å². The average molecular weight is 485 g/mol. The summed E-state index contributed by atoms with van der Waals surface area (Å²) in [5, 5.41) is 13.9. The Bertz CT molecular complexity index is 1490. The van der Waals surface area contributed by atoms with E-state index in [0.717, 1.165) is 49.1 Å². The predicted molar refractivity (Wildman–Crippen MR) is 133 cm³/mol. The SMILES string of the molecule is O=c1[nH]c2cc3c(cc2cc1[C@@H](c1nnnn1C1CCCC1)N1CCc2ccccc2C1)OCCO3. The molecule has 0 amide bonds. The number of rotatable bonds is 4. The first-order valence-corrected chi connectivity index (χ1v) is 12.8. The van der Waals surface area contributed by atoms with Gasteiger partial charge >= 0.3 is 0 Å².